The van der Waals surface area contributed by atoms with Crippen LogP contribution in [0.25, 0.3) is 11.0 Å². The Morgan fingerprint density at radius 1 is 1.03 bits per heavy atom. The molecule has 8 nitrogen and oxygen atoms in total. The highest BCUT2D eigenvalue weighted by molar-refractivity contribution is 5.74. The van der Waals surface area contributed by atoms with E-state index in [0.717, 1.165) is 38.3 Å². The van der Waals surface area contributed by atoms with Gasteiger partial charge in [0, 0.05) is 31.9 Å². The standard InChI is InChI=1S/C21H28N6O2/c1-21(2,3)27-18-17(14-22-27)19(28)24-20(23-18)26-11-5-10-25(12-13-26)15-6-8-16(29-4)9-7-15/h6-9,14H,5,10-13H2,1-4H3,(H,23,24,28). The Balaban J connectivity index is 1.59. The maximum Gasteiger partial charge on any atom is 0.263 e. The van der Waals surface area contributed by atoms with Gasteiger partial charge in [0.1, 0.15) is 11.1 Å². The lowest BCUT2D eigenvalue weighted by atomic mass is 10.1. The first-order chi connectivity index (χ1) is 13.9. The maximum absolute atomic E-state index is 12.6. The van der Waals surface area contributed by atoms with Crippen LogP contribution >= 0.6 is 0 Å². The van der Waals surface area contributed by atoms with Gasteiger partial charge in [0.2, 0.25) is 5.95 Å². The first kappa shape index (κ1) is 19.3. The zero-order valence-electron chi connectivity index (χ0n) is 17.5. The molecule has 0 bridgehead atoms. The van der Waals surface area contributed by atoms with Crippen LogP contribution in [0, 0.1) is 0 Å². The van der Waals surface area contributed by atoms with Gasteiger partial charge in [0.25, 0.3) is 5.56 Å². The number of aromatic nitrogens is 4. The third-order valence-corrected chi connectivity index (χ3v) is 5.29. The number of ether oxygens (including phenoxy) is 1. The molecule has 29 heavy (non-hydrogen) atoms. The second-order valence-electron chi connectivity index (χ2n) is 8.38. The lowest BCUT2D eigenvalue weighted by molar-refractivity contribution is 0.366. The number of H-pyrrole nitrogens is 1. The zero-order valence-corrected chi connectivity index (χ0v) is 17.5. The minimum Gasteiger partial charge on any atom is -0.497 e. The van der Waals surface area contributed by atoms with Crippen molar-refractivity contribution in [3.05, 3.63) is 40.8 Å². The monoisotopic (exact) mass is 396 g/mol. The number of nitrogens with zero attached hydrogens (tertiary/aromatic N) is 5. The van der Waals surface area contributed by atoms with Crippen LogP contribution in [0.4, 0.5) is 11.6 Å². The summed E-state index contributed by atoms with van der Waals surface area (Å²) in [5, 5.41) is 4.92. The normalized spacial score (nSPS) is 15.6. The van der Waals surface area contributed by atoms with E-state index >= 15 is 0 Å². The minimum absolute atomic E-state index is 0.142. The van der Waals surface area contributed by atoms with Crippen LogP contribution in [0.15, 0.2) is 35.3 Å². The second kappa shape index (κ2) is 7.42. The molecule has 0 unspecified atom stereocenters. The van der Waals surface area contributed by atoms with Crippen molar-refractivity contribution in [3.63, 3.8) is 0 Å². The number of methoxy groups -OCH3 is 1. The van der Waals surface area contributed by atoms with Gasteiger partial charge >= 0.3 is 0 Å². The average molecular weight is 396 g/mol. The fourth-order valence-corrected chi connectivity index (χ4v) is 3.73. The Hall–Kier alpha value is -3.03. The van der Waals surface area contributed by atoms with E-state index in [1.165, 1.54) is 5.69 Å². The van der Waals surface area contributed by atoms with Gasteiger partial charge in [-0.1, -0.05) is 0 Å². The summed E-state index contributed by atoms with van der Waals surface area (Å²) in [4.78, 5) is 24.9. The summed E-state index contributed by atoms with van der Waals surface area (Å²) in [6.45, 7) is 9.60. The SMILES string of the molecule is COc1ccc(N2CCCN(c3nc4c(cnn4C(C)(C)C)c(=O)[nH]3)CC2)cc1. The molecule has 1 aliphatic heterocycles. The van der Waals surface area contributed by atoms with Gasteiger partial charge in [-0.25, -0.2) is 4.68 Å². The summed E-state index contributed by atoms with van der Waals surface area (Å²) in [6.07, 6.45) is 2.58. The molecule has 0 radical (unpaired) electrons. The molecule has 0 spiro atoms. The van der Waals surface area contributed by atoms with Crippen LogP contribution in [0.5, 0.6) is 5.75 Å². The molecular formula is C21H28N6O2. The first-order valence-corrected chi connectivity index (χ1v) is 9.99. The smallest absolute Gasteiger partial charge is 0.263 e. The van der Waals surface area contributed by atoms with Crippen molar-refractivity contribution >= 4 is 22.7 Å². The van der Waals surface area contributed by atoms with Crippen molar-refractivity contribution in [1.82, 2.24) is 19.7 Å². The Labute approximate surface area is 170 Å². The van der Waals surface area contributed by atoms with Gasteiger partial charge in [-0.3, -0.25) is 9.78 Å². The maximum atomic E-state index is 12.6. The average Bonchev–Trinajstić information content (AvgIpc) is 2.99. The minimum atomic E-state index is -0.246. The summed E-state index contributed by atoms with van der Waals surface area (Å²) in [5.74, 6) is 1.47. The van der Waals surface area contributed by atoms with E-state index in [2.05, 4.69) is 52.8 Å². The lowest BCUT2D eigenvalue weighted by Crippen LogP contribution is -2.33. The highest BCUT2D eigenvalue weighted by Crippen LogP contribution is 2.23. The van der Waals surface area contributed by atoms with Crippen molar-refractivity contribution in [2.24, 2.45) is 0 Å². The Kier molecular flexibility index (Phi) is 4.94. The van der Waals surface area contributed by atoms with Crippen LogP contribution in [-0.2, 0) is 5.54 Å². The van der Waals surface area contributed by atoms with E-state index in [0.29, 0.717) is 17.0 Å². The van der Waals surface area contributed by atoms with E-state index in [9.17, 15) is 4.79 Å². The molecule has 0 atom stereocenters. The molecule has 1 aliphatic rings. The Morgan fingerprint density at radius 2 is 1.72 bits per heavy atom. The van der Waals surface area contributed by atoms with Gasteiger partial charge in [-0.2, -0.15) is 10.1 Å². The molecule has 3 aromatic rings. The van der Waals surface area contributed by atoms with Gasteiger partial charge in [-0.05, 0) is 51.5 Å². The van der Waals surface area contributed by atoms with Crippen molar-refractivity contribution in [3.8, 4) is 5.75 Å². The molecule has 154 valence electrons. The summed E-state index contributed by atoms with van der Waals surface area (Å²) in [7, 11) is 1.68. The molecule has 1 fully saturated rings. The highest BCUT2D eigenvalue weighted by Gasteiger charge is 2.22. The van der Waals surface area contributed by atoms with Crippen molar-refractivity contribution in [2.45, 2.75) is 32.7 Å². The van der Waals surface area contributed by atoms with Crippen LogP contribution < -0.4 is 20.1 Å². The van der Waals surface area contributed by atoms with Crippen molar-refractivity contribution in [2.75, 3.05) is 43.1 Å². The van der Waals surface area contributed by atoms with Gasteiger partial charge in [-0.15, -0.1) is 0 Å². The zero-order chi connectivity index (χ0) is 20.6. The number of fused-ring (bicyclic) bond motifs is 1. The second-order valence-corrected chi connectivity index (χ2v) is 8.38. The number of hydrogen-bond donors (Lipinski definition) is 1. The number of benzene rings is 1. The fraction of sp³-hybridized carbons (Fsp3) is 0.476. The molecule has 4 rings (SSSR count). The van der Waals surface area contributed by atoms with E-state index in [-0.39, 0.29) is 11.1 Å². The number of aromatic amines is 1. The molecule has 2 aromatic heterocycles. The molecule has 1 saturated heterocycles. The largest absolute Gasteiger partial charge is 0.497 e. The summed E-state index contributed by atoms with van der Waals surface area (Å²) < 4.78 is 7.08. The quantitative estimate of drug-likeness (QED) is 0.733. The van der Waals surface area contributed by atoms with Crippen molar-refractivity contribution in [1.29, 1.82) is 0 Å². The summed E-state index contributed by atoms with van der Waals surface area (Å²) in [6, 6.07) is 8.14. The molecule has 0 saturated carbocycles. The number of anilines is 2. The highest BCUT2D eigenvalue weighted by atomic mass is 16.5. The number of hydrogen-bond acceptors (Lipinski definition) is 6. The van der Waals surface area contributed by atoms with Gasteiger partial charge in [0.15, 0.2) is 5.65 Å². The van der Waals surface area contributed by atoms with Crippen LogP contribution in [0.2, 0.25) is 0 Å². The van der Waals surface area contributed by atoms with E-state index in [4.69, 9.17) is 9.72 Å². The van der Waals surface area contributed by atoms with Crippen molar-refractivity contribution < 1.29 is 4.74 Å². The molecule has 0 amide bonds. The van der Waals surface area contributed by atoms with Gasteiger partial charge < -0.3 is 14.5 Å². The molecule has 8 heteroatoms. The van der Waals surface area contributed by atoms with Gasteiger partial charge in [0.05, 0.1) is 18.8 Å². The molecule has 1 aromatic carbocycles. The fourth-order valence-electron chi connectivity index (χ4n) is 3.73. The third-order valence-electron chi connectivity index (χ3n) is 5.29. The number of rotatable bonds is 3. The Morgan fingerprint density at radius 3 is 2.41 bits per heavy atom. The predicted molar refractivity (Wildman–Crippen MR) is 115 cm³/mol. The topological polar surface area (TPSA) is 79.3 Å². The predicted octanol–water partition coefficient (Wildman–Crippen LogP) is 2.60. The van der Waals surface area contributed by atoms with Crippen LogP contribution in [0.3, 0.4) is 0 Å². The van der Waals surface area contributed by atoms with Crippen LogP contribution in [-0.4, -0.2) is 53.0 Å². The first-order valence-electron chi connectivity index (χ1n) is 9.99. The van der Waals surface area contributed by atoms with E-state index < -0.39 is 0 Å². The van der Waals surface area contributed by atoms with Crippen LogP contribution in [0.1, 0.15) is 27.2 Å². The molecular weight excluding hydrogens is 368 g/mol. The Bertz CT molecular complexity index is 1050. The van der Waals surface area contributed by atoms with E-state index in [1.54, 1.807) is 13.3 Å². The molecule has 1 N–H and O–H groups in total. The summed E-state index contributed by atoms with van der Waals surface area (Å²) >= 11 is 0. The molecule has 3 heterocycles. The summed E-state index contributed by atoms with van der Waals surface area (Å²) in [5.41, 5.74) is 1.42. The lowest BCUT2D eigenvalue weighted by Gasteiger charge is -2.24. The third kappa shape index (κ3) is 3.79. The van der Waals surface area contributed by atoms with E-state index in [1.807, 2.05) is 16.8 Å². The molecule has 0 aliphatic carbocycles. The number of nitrogens with one attached hydrogen (secondary N) is 1.